The van der Waals surface area contributed by atoms with Gasteiger partial charge in [-0.1, -0.05) is 12.1 Å². The van der Waals surface area contributed by atoms with E-state index in [0.717, 1.165) is 5.56 Å². The van der Waals surface area contributed by atoms with Crippen LogP contribution >= 0.6 is 0 Å². The van der Waals surface area contributed by atoms with Gasteiger partial charge in [0.25, 0.3) is 0 Å². The lowest BCUT2D eigenvalue weighted by molar-refractivity contribution is 0.170. The number of nitrogens with two attached hydrogens (primary N) is 1. The first-order valence-electron chi connectivity index (χ1n) is 6.81. The van der Waals surface area contributed by atoms with E-state index < -0.39 is 0 Å². The number of rotatable bonds is 8. The largest absolute Gasteiger partial charge is 0.383 e. The van der Waals surface area contributed by atoms with Crippen molar-refractivity contribution in [2.45, 2.75) is 25.9 Å². The summed E-state index contributed by atoms with van der Waals surface area (Å²) in [6.07, 6.45) is 0. The van der Waals surface area contributed by atoms with Crippen LogP contribution in [-0.4, -0.2) is 40.0 Å². The van der Waals surface area contributed by atoms with Crippen molar-refractivity contribution >= 4 is 5.69 Å². The zero-order valence-electron chi connectivity index (χ0n) is 12.7. The second kappa shape index (κ2) is 8.19. The molecule has 2 unspecified atom stereocenters. The standard InChI is InChI=1S/C15H25FN2O2/c1-11(10-20-4)18(8-9-19-3)15-13(12(2)17)6-5-7-14(15)16/h5-7,11-12H,8-10,17H2,1-4H3. The maximum Gasteiger partial charge on any atom is 0.146 e. The maximum absolute atomic E-state index is 14.3. The van der Waals surface area contributed by atoms with Crippen LogP contribution in [-0.2, 0) is 9.47 Å². The highest BCUT2D eigenvalue weighted by Gasteiger charge is 2.22. The Balaban J connectivity index is 3.17. The topological polar surface area (TPSA) is 47.7 Å². The van der Waals surface area contributed by atoms with Crippen LogP contribution in [0.3, 0.4) is 0 Å². The minimum absolute atomic E-state index is 0.0320. The molecule has 0 bridgehead atoms. The number of anilines is 1. The lowest BCUT2D eigenvalue weighted by atomic mass is 10.0. The normalized spacial score (nSPS) is 14.1. The number of para-hydroxylation sites is 1. The monoisotopic (exact) mass is 284 g/mol. The minimum Gasteiger partial charge on any atom is -0.383 e. The molecule has 1 aromatic rings. The second-order valence-electron chi connectivity index (χ2n) is 4.96. The molecule has 2 N–H and O–H groups in total. The highest BCUT2D eigenvalue weighted by Crippen LogP contribution is 2.29. The Hall–Kier alpha value is -1.17. The van der Waals surface area contributed by atoms with Gasteiger partial charge in [-0.15, -0.1) is 0 Å². The summed E-state index contributed by atoms with van der Waals surface area (Å²) in [5.74, 6) is -0.265. The third-order valence-corrected chi connectivity index (χ3v) is 3.27. The number of halogens is 1. The molecule has 5 heteroatoms. The van der Waals surface area contributed by atoms with Crippen molar-refractivity contribution in [1.29, 1.82) is 0 Å². The van der Waals surface area contributed by atoms with E-state index in [1.54, 1.807) is 20.3 Å². The molecule has 0 aliphatic rings. The van der Waals surface area contributed by atoms with Crippen LogP contribution in [0.15, 0.2) is 18.2 Å². The van der Waals surface area contributed by atoms with Gasteiger partial charge < -0.3 is 20.1 Å². The van der Waals surface area contributed by atoms with Crippen molar-refractivity contribution in [3.05, 3.63) is 29.6 Å². The number of methoxy groups -OCH3 is 2. The van der Waals surface area contributed by atoms with Crippen molar-refractivity contribution in [1.82, 2.24) is 0 Å². The van der Waals surface area contributed by atoms with E-state index in [1.807, 2.05) is 24.8 Å². The highest BCUT2D eigenvalue weighted by molar-refractivity contribution is 5.57. The molecule has 1 aromatic carbocycles. The molecular formula is C15H25FN2O2. The molecule has 0 aliphatic heterocycles. The van der Waals surface area contributed by atoms with Crippen LogP contribution in [0.25, 0.3) is 0 Å². The molecule has 2 atom stereocenters. The summed E-state index contributed by atoms with van der Waals surface area (Å²) in [6.45, 7) is 5.46. The fourth-order valence-electron chi connectivity index (χ4n) is 2.28. The molecule has 114 valence electrons. The lowest BCUT2D eigenvalue weighted by Gasteiger charge is -2.33. The number of hydrogen-bond donors (Lipinski definition) is 1. The minimum atomic E-state index is -0.265. The fraction of sp³-hybridized carbons (Fsp3) is 0.600. The molecule has 0 fully saturated rings. The van der Waals surface area contributed by atoms with Gasteiger partial charge in [-0.3, -0.25) is 0 Å². The van der Waals surface area contributed by atoms with E-state index in [-0.39, 0.29) is 17.9 Å². The van der Waals surface area contributed by atoms with E-state index in [9.17, 15) is 4.39 Å². The van der Waals surface area contributed by atoms with Crippen LogP contribution < -0.4 is 10.6 Å². The van der Waals surface area contributed by atoms with Gasteiger partial charge in [0.15, 0.2) is 0 Å². The molecule has 20 heavy (non-hydrogen) atoms. The SMILES string of the molecule is COCCN(c1c(F)cccc1C(C)N)C(C)COC. The van der Waals surface area contributed by atoms with Crippen LogP contribution in [0.5, 0.6) is 0 Å². The van der Waals surface area contributed by atoms with Crippen LogP contribution in [0.2, 0.25) is 0 Å². The third-order valence-electron chi connectivity index (χ3n) is 3.27. The van der Waals surface area contributed by atoms with Crippen molar-refractivity contribution < 1.29 is 13.9 Å². The Bertz CT molecular complexity index is 413. The second-order valence-corrected chi connectivity index (χ2v) is 4.96. The summed E-state index contributed by atoms with van der Waals surface area (Å²) < 4.78 is 24.6. The molecule has 0 spiro atoms. The molecular weight excluding hydrogens is 259 g/mol. The molecule has 0 aliphatic carbocycles. The summed E-state index contributed by atoms with van der Waals surface area (Å²) in [7, 11) is 3.27. The van der Waals surface area contributed by atoms with Gasteiger partial charge in [-0.05, 0) is 25.5 Å². The van der Waals surface area contributed by atoms with Gasteiger partial charge in [-0.2, -0.15) is 0 Å². The number of nitrogens with zero attached hydrogens (tertiary/aromatic N) is 1. The molecule has 1 rings (SSSR count). The average Bonchev–Trinajstić information content (AvgIpc) is 2.40. The first-order chi connectivity index (χ1) is 9.52. The van der Waals surface area contributed by atoms with E-state index >= 15 is 0 Å². The maximum atomic E-state index is 14.3. The van der Waals surface area contributed by atoms with Crippen LogP contribution in [0, 0.1) is 5.82 Å². The predicted octanol–water partition coefficient (Wildman–Crippen LogP) is 2.33. The summed E-state index contributed by atoms with van der Waals surface area (Å²) in [5.41, 5.74) is 7.31. The Morgan fingerprint density at radius 1 is 1.25 bits per heavy atom. The molecule has 4 nitrogen and oxygen atoms in total. The Morgan fingerprint density at radius 3 is 2.50 bits per heavy atom. The zero-order chi connectivity index (χ0) is 15.1. The summed E-state index contributed by atoms with van der Waals surface area (Å²) in [4.78, 5) is 1.96. The molecule has 0 saturated heterocycles. The van der Waals surface area contributed by atoms with Gasteiger partial charge in [-0.25, -0.2) is 4.39 Å². The Labute approximate surface area is 120 Å². The van der Waals surface area contributed by atoms with Gasteiger partial charge in [0, 0.05) is 32.8 Å². The predicted molar refractivity (Wildman–Crippen MR) is 79.6 cm³/mol. The number of hydrogen-bond acceptors (Lipinski definition) is 4. The van der Waals surface area contributed by atoms with E-state index in [2.05, 4.69) is 0 Å². The van der Waals surface area contributed by atoms with E-state index in [4.69, 9.17) is 15.2 Å². The molecule has 0 saturated carbocycles. The molecule has 0 aromatic heterocycles. The summed E-state index contributed by atoms with van der Waals surface area (Å²) in [5, 5.41) is 0. The van der Waals surface area contributed by atoms with E-state index in [1.165, 1.54) is 6.07 Å². The molecule has 0 radical (unpaired) electrons. The van der Waals surface area contributed by atoms with Gasteiger partial charge >= 0.3 is 0 Å². The first kappa shape index (κ1) is 16.9. The van der Waals surface area contributed by atoms with Crippen molar-refractivity contribution in [3.63, 3.8) is 0 Å². The Kier molecular flexibility index (Phi) is 6.91. The van der Waals surface area contributed by atoms with Gasteiger partial charge in [0.2, 0.25) is 0 Å². The van der Waals surface area contributed by atoms with Crippen molar-refractivity contribution in [2.75, 3.05) is 38.9 Å². The molecule has 0 heterocycles. The highest BCUT2D eigenvalue weighted by atomic mass is 19.1. The van der Waals surface area contributed by atoms with Crippen molar-refractivity contribution in [2.24, 2.45) is 5.73 Å². The zero-order valence-corrected chi connectivity index (χ0v) is 12.7. The average molecular weight is 284 g/mol. The van der Waals surface area contributed by atoms with Crippen LogP contribution in [0.1, 0.15) is 25.5 Å². The first-order valence-corrected chi connectivity index (χ1v) is 6.81. The fourth-order valence-corrected chi connectivity index (χ4v) is 2.28. The summed E-state index contributed by atoms with van der Waals surface area (Å²) >= 11 is 0. The van der Waals surface area contributed by atoms with E-state index in [0.29, 0.717) is 25.4 Å². The summed E-state index contributed by atoms with van der Waals surface area (Å²) in [6, 6.07) is 4.81. The Morgan fingerprint density at radius 2 is 1.95 bits per heavy atom. The third kappa shape index (κ3) is 4.16. The smallest absolute Gasteiger partial charge is 0.146 e. The van der Waals surface area contributed by atoms with Crippen molar-refractivity contribution in [3.8, 4) is 0 Å². The lowest BCUT2D eigenvalue weighted by Crippen LogP contribution is -2.40. The van der Waals surface area contributed by atoms with Crippen LogP contribution in [0.4, 0.5) is 10.1 Å². The van der Waals surface area contributed by atoms with Gasteiger partial charge in [0.1, 0.15) is 5.82 Å². The molecule has 0 amide bonds. The quantitative estimate of drug-likeness (QED) is 0.796. The van der Waals surface area contributed by atoms with Gasteiger partial charge in [0.05, 0.1) is 18.9 Å². The number of benzene rings is 1. The number of ether oxygens (including phenoxy) is 2.